The molecule has 3 atom stereocenters. The van der Waals surface area contributed by atoms with E-state index >= 15 is 0 Å². The number of amides is 1. The van der Waals surface area contributed by atoms with Crippen molar-refractivity contribution in [2.24, 2.45) is 0 Å². The third-order valence-electron chi connectivity index (χ3n) is 4.15. The van der Waals surface area contributed by atoms with E-state index in [1.165, 1.54) is 28.5 Å². The zero-order valence-electron chi connectivity index (χ0n) is 10.9. The molecule has 0 spiro atoms. The number of H-pyrrole nitrogens is 1. The number of carbonyl (C=O) groups is 1. The van der Waals surface area contributed by atoms with Gasteiger partial charge in [-0.05, 0) is 0 Å². The third-order valence-corrected chi connectivity index (χ3v) is 5.35. The van der Waals surface area contributed by atoms with Crippen LogP contribution in [0.4, 0.5) is 4.79 Å². The molecule has 5 heteroatoms. The van der Waals surface area contributed by atoms with E-state index in [1.54, 1.807) is 0 Å². The van der Waals surface area contributed by atoms with Crippen molar-refractivity contribution in [3.05, 3.63) is 35.5 Å². The van der Waals surface area contributed by atoms with Crippen molar-refractivity contribution >= 4 is 33.8 Å². The molecule has 1 aliphatic carbocycles. The number of alkyl carbamates (subject to hydrolysis) is 1. The van der Waals surface area contributed by atoms with Crippen LogP contribution in [0.3, 0.4) is 0 Å². The Balaban J connectivity index is 1.62. The van der Waals surface area contributed by atoms with Crippen molar-refractivity contribution in [3.63, 3.8) is 0 Å². The summed E-state index contributed by atoms with van der Waals surface area (Å²) in [5, 5.41) is 4.15. The van der Waals surface area contributed by atoms with E-state index in [2.05, 4.69) is 51.5 Å². The van der Waals surface area contributed by atoms with Gasteiger partial charge in [0.1, 0.15) is 0 Å². The van der Waals surface area contributed by atoms with E-state index in [0.29, 0.717) is 12.5 Å². The molecule has 2 N–H and O–H groups in total. The molecule has 1 aromatic heterocycles. The van der Waals surface area contributed by atoms with Gasteiger partial charge >= 0.3 is 125 Å². The van der Waals surface area contributed by atoms with Crippen LogP contribution in [0.25, 0.3) is 10.9 Å². The van der Waals surface area contributed by atoms with Crippen LogP contribution < -0.4 is 5.32 Å². The maximum absolute atomic E-state index is 11.1. The Kier molecular flexibility index (Phi) is 2.81. The van der Waals surface area contributed by atoms with Crippen molar-refractivity contribution < 1.29 is 9.53 Å². The van der Waals surface area contributed by atoms with Crippen LogP contribution in [0.1, 0.15) is 23.5 Å². The number of cyclic esters (lactones) is 1. The zero-order valence-corrected chi connectivity index (χ0v) is 12.8. The van der Waals surface area contributed by atoms with E-state index in [-0.39, 0.29) is 12.1 Å². The van der Waals surface area contributed by atoms with Gasteiger partial charge in [-0.3, -0.25) is 0 Å². The molecular weight excluding hydrogens is 315 g/mol. The third kappa shape index (κ3) is 2.12. The Morgan fingerprint density at radius 1 is 1.40 bits per heavy atom. The quantitative estimate of drug-likeness (QED) is 0.849. The Morgan fingerprint density at radius 2 is 2.25 bits per heavy atom. The molecule has 2 heterocycles. The molecule has 3 unspecified atom stereocenters. The summed E-state index contributed by atoms with van der Waals surface area (Å²) >= 11 is 2.76. The van der Waals surface area contributed by atoms with Gasteiger partial charge in [0.05, 0.1) is 0 Å². The molecule has 20 heavy (non-hydrogen) atoms. The van der Waals surface area contributed by atoms with Gasteiger partial charge in [0.25, 0.3) is 0 Å². The summed E-state index contributed by atoms with van der Waals surface area (Å²) in [6.07, 6.45) is 3.93. The van der Waals surface area contributed by atoms with Gasteiger partial charge in [0.2, 0.25) is 0 Å². The summed E-state index contributed by atoms with van der Waals surface area (Å²) in [5.41, 5.74) is 3.87. The summed E-state index contributed by atoms with van der Waals surface area (Å²) in [6.45, 7) is 0.466. The Bertz CT molecular complexity index is 682. The number of carbonyl (C=O) groups excluding carboxylic acids is 1. The Hall–Kier alpha value is -1.41. The average molecular weight is 330 g/mol. The zero-order chi connectivity index (χ0) is 13.7. The second-order valence-corrected chi connectivity index (χ2v) is 7.07. The molecule has 4 rings (SSSR count). The summed E-state index contributed by atoms with van der Waals surface area (Å²) in [5.74, 6) is 0.688. The van der Waals surface area contributed by atoms with Crippen molar-refractivity contribution in [1.82, 2.24) is 10.3 Å². The molecule has 2 aliphatic rings. The van der Waals surface area contributed by atoms with E-state index in [0.717, 1.165) is 11.1 Å². The predicted molar refractivity (Wildman–Crippen MR) is 77.1 cm³/mol. The van der Waals surface area contributed by atoms with Gasteiger partial charge < -0.3 is 0 Å². The molecular formula is C15H15AsN2O2. The van der Waals surface area contributed by atoms with Crippen LogP contribution in [0.2, 0.25) is 4.71 Å². The first-order valence-corrected chi connectivity index (χ1v) is 8.00. The number of benzene rings is 1. The normalized spacial score (nSPS) is 28.4. The number of aromatic amines is 1. The number of rotatable bonds is 3. The second kappa shape index (κ2) is 4.56. The maximum atomic E-state index is 11.1. The molecule has 0 bridgehead atoms. The molecule has 102 valence electrons. The van der Waals surface area contributed by atoms with E-state index in [4.69, 9.17) is 4.74 Å². The number of aromatic nitrogens is 1. The molecule has 1 aromatic carbocycles. The van der Waals surface area contributed by atoms with Gasteiger partial charge in [-0.1, -0.05) is 0 Å². The fourth-order valence-corrected chi connectivity index (χ4v) is 3.77. The number of nitrogens with one attached hydrogen (secondary N) is 2. The predicted octanol–water partition coefficient (Wildman–Crippen LogP) is 2.26. The van der Waals surface area contributed by atoms with Crippen molar-refractivity contribution in [3.8, 4) is 0 Å². The molecule has 1 saturated carbocycles. The molecule has 1 aliphatic heterocycles. The van der Waals surface area contributed by atoms with Crippen molar-refractivity contribution in [2.45, 2.75) is 29.5 Å². The standard InChI is InChI=1S/C15H15AsN2O2/c16-13-5-10(13)12-6-17-14-2-1-8(4-11(12)14)3-9-7-20-15(19)18-9/h1-2,4,6,9-10,13,17H,3,5,7H2,(H,18,19). The number of hydrogen-bond donors (Lipinski definition) is 2. The first-order chi connectivity index (χ1) is 9.70. The summed E-state index contributed by atoms with van der Waals surface area (Å²) in [7, 11) is 0. The molecule has 1 amide bonds. The summed E-state index contributed by atoms with van der Waals surface area (Å²) in [4.78, 5) is 14.4. The number of ether oxygens (including phenoxy) is 1. The number of hydrogen-bond acceptors (Lipinski definition) is 2. The van der Waals surface area contributed by atoms with Crippen LogP contribution >= 0.6 is 0 Å². The number of fused-ring (bicyclic) bond motifs is 1. The fourth-order valence-electron chi connectivity index (χ4n) is 2.96. The van der Waals surface area contributed by atoms with Crippen LogP contribution in [-0.4, -0.2) is 40.6 Å². The van der Waals surface area contributed by atoms with Crippen LogP contribution in [0.5, 0.6) is 0 Å². The first-order valence-electron chi connectivity index (χ1n) is 6.92. The summed E-state index contributed by atoms with van der Waals surface area (Å²) < 4.78 is 5.68. The SMILES string of the molecule is O=C1NC(Cc2ccc3[nH]cc(C4CC4[As])c3c2)CO1. The van der Waals surface area contributed by atoms with Gasteiger partial charge in [-0.25, -0.2) is 0 Å². The Morgan fingerprint density at radius 3 is 2.95 bits per heavy atom. The van der Waals surface area contributed by atoms with Crippen molar-refractivity contribution in [2.75, 3.05) is 6.61 Å². The van der Waals surface area contributed by atoms with Gasteiger partial charge in [-0.2, -0.15) is 0 Å². The topological polar surface area (TPSA) is 54.1 Å². The van der Waals surface area contributed by atoms with Gasteiger partial charge in [0.15, 0.2) is 0 Å². The minimum absolute atomic E-state index is 0.0962. The van der Waals surface area contributed by atoms with Crippen LogP contribution in [0, 0.1) is 0 Å². The van der Waals surface area contributed by atoms with Crippen LogP contribution in [-0.2, 0) is 11.2 Å². The molecule has 2 aromatic rings. The fraction of sp³-hybridized carbons (Fsp3) is 0.400. The van der Waals surface area contributed by atoms with Gasteiger partial charge in [0, 0.05) is 0 Å². The second-order valence-electron chi connectivity index (χ2n) is 5.68. The van der Waals surface area contributed by atoms with E-state index in [1.807, 2.05) is 0 Å². The average Bonchev–Trinajstić information content (AvgIpc) is 2.85. The van der Waals surface area contributed by atoms with Crippen LogP contribution in [0.15, 0.2) is 24.4 Å². The van der Waals surface area contributed by atoms with E-state index < -0.39 is 0 Å². The molecule has 2 fully saturated rings. The summed E-state index contributed by atoms with van der Waals surface area (Å²) in [6, 6.07) is 6.61. The first kappa shape index (κ1) is 12.3. The molecule has 4 nitrogen and oxygen atoms in total. The molecule has 2 radical (unpaired) electrons. The van der Waals surface area contributed by atoms with Gasteiger partial charge in [-0.15, -0.1) is 0 Å². The monoisotopic (exact) mass is 330 g/mol. The minimum atomic E-state index is -0.303. The van der Waals surface area contributed by atoms with Crippen molar-refractivity contribution in [1.29, 1.82) is 0 Å². The Labute approximate surface area is 125 Å². The van der Waals surface area contributed by atoms with E-state index in [9.17, 15) is 4.79 Å². The molecule has 1 saturated heterocycles.